The van der Waals surface area contributed by atoms with E-state index in [0.717, 1.165) is 16.8 Å². The Hall–Kier alpha value is -3.54. The van der Waals surface area contributed by atoms with Gasteiger partial charge in [0, 0.05) is 35.7 Å². The molecular weight excluding hydrogens is 304 g/mol. The van der Waals surface area contributed by atoms with Crippen molar-refractivity contribution in [1.29, 1.82) is 0 Å². The minimum absolute atomic E-state index is 0.0435. The summed E-state index contributed by atoms with van der Waals surface area (Å²) in [6.07, 6.45) is 3.42. The molecule has 0 fully saturated rings. The summed E-state index contributed by atoms with van der Waals surface area (Å²) in [4.78, 5) is 14.3. The van der Waals surface area contributed by atoms with Gasteiger partial charge in [0.1, 0.15) is 0 Å². The average molecular weight is 318 g/mol. The Balaban J connectivity index is 1.91. The summed E-state index contributed by atoms with van der Waals surface area (Å²) in [5.74, 6) is 0. The first-order chi connectivity index (χ1) is 11.7. The number of nitrogens with zero attached hydrogens (tertiary/aromatic N) is 3. The predicted molar refractivity (Wildman–Crippen MR) is 93.0 cm³/mol. The normalized spacial score (nSPS) is 11.1. The van der Waals surface area contributed by atoms with E-state index in [2.05, 4.69) is 15.5 Å². The van der Waals surface area contributed by atoms with Crippen molar-refractivity contribution < 1.29 is 4.92 Å². The van der Waals surface area contributed by atoms with E-state index in [4.69, 9.17) is 0 Å². The van der Waals surface area contributed by atoms with Crippen LogP contribution in [0.4, 0.5) is 11.4 Å². The highest BCUT2D eigenvalue weighted by Gasteiger charge is 2.07. The topological polar surface area (TPSA) is 80.4 Å². The highest BCUT2D eigenvalue weighted by atomic mass is 16.6. The minimum atomic E-state index is -0.431. The number of benzene rings is 2. The van der Waals surface area contributed by atoms with Crippen LogP contribution in [0.25, 0.3) is 0 Å². The molecule has 24 heavy (non-hydrogen) atoms. The van der Waals surface area contributed by atoms with Crippen molar-refractivity contribution in [2.24, 2.45) is 5.10 Å². The van der Waals surface area contributed by atoms with E-state index in [1.54, 1.807) is 24.5 Å². The van der Waals surface area contributed by atoms with Gasteiger partial charge in [0.2, 0.25) is 0 Å². The summed E-state index contributed by atoms with van der Waals surface area (Å²) in [6.45, 7) is 0. The summed E-state index contributed by atoms with van der Waals surface area (Å²) in [5, 5.41) is 15.2. The zero-order valence-electron chi connectivity index (χ0n) is 12.7. The molecule has 0 saturated heterocycles. The highest BCUT2D eigenvalue weighted by molar-refractivity contribution is 6.13. The van der Waals surface area contributed by atoms with Crippen LogP contribution in [0.3, 0.4) is 0 Å². The third-order valence-corrected chi connectivity index (χ3v) is 3.38. The predicted octanol–water partition coefficient (Wildman–Crippen LogP) is 3.85. The number of pyridine rings is 1. The second-order valence-corrected chi connectivity index (χ2v) is 4.98. The van der Waals surface area contributed by atoms with E-state index in [1.165, 1.54) is 12.1 Å². The molecule has 1 heterocycles. The van der Waals surface area contributed by atoms with Crippen LogP contribution in [0.15, 0.2) is 84.2 Å². The molecule has 6 nitrogen and oxygen atoms in total. The lowest BCUT2D eigenvalue weighted by atomic mass is 10.0. The SMILES string of the molecule is O=[N+]([O-])c1ccc(N/N=C(/c2ccccc2)c2ccncc2)cc1. The van der Waals surface area contributed by atoms with Crippen molar-refractivity contribution in [3.05, 3.63) is 100 Å². The van der Waals surface area contributed by atoms with Crippen molar-refractivity contribution in [2.75, 3.05) is 5.43 Å². The van der Waals surface area contributed by atoms with Crippen molar-refractivity contribution in [3.63, 3.8) is 0 Å². The number of hydrazone groups is 1. The van der Waals surface area contributed by atoms with E-state index >= 15 is 0 Å². The van der Waals surface area contributed by atoms with E-state index in [1.807, 2.05) is 42.5 Å². The molecule has 1 N–H and O–H groups in total. The fraction of sp³-hybridized carbons (Fsp3) is 0. The molecule has 0 aliphatic rings. The quantitative estimate of drug-likeness (QED) is 0.440. The van der Waals surface area contributed by atoms with E-state index in [9.17, 15) is 10.1 Å². The molecule has 6 heteroatoms. The molecule has 0 amide bonds. The lowest BCUT2D eigenvalue weighted by molar-refractivity contribution is -0.384. The molecule has 0 unspecified atom stereocenters. The first kappa shape index (κ1) is 15.4. The van der Waals surface area contributed by atoms with Crippen molar-refractivity contribution in [1.82, 2.24) is 4.98 Å². The second kappa shape index (κ2) is 7.15. The van der Waals surface area contributed by atoms with Crippen molar-refractivity contribution in [3.8, 4) is 0 Å². The van der Waals surface area contributed by atoms with E-state index < -0.39 is 4.92 Å². The van der Waals surface area contributed by atoms with Gasteiger partial charge in [-0.05, 0) is 24.3 Å². The number of nitro benzene ring substituents is 1. The molecule has 0 aliphatic carbocycles. The molecule has 2 aromatic carbocycles. The molecule has 0 spiro atoms. The molecular formula is C18H14N4O2. The molecule has 118 valence electrons. The van der Waals surface area contributed by atoms with Gasteiger partial charge in [-0.1, -0.05) is 30.3 Å². The zero-order chi connectivity index (χ0) is 16.8. The maximum Gasteiger partial charge on any atom is 0.269 e. The third-order valence-electron chi connectivity index (χ3n) is 3.38. The maximum atomic E-state index is 10.7. The molecule has 1 aromatic heterocycles. The zero-order valence-corrected chi connectivity index (χ0v) is 12.7. The fourth-order valence-electron chi connectivity index (χ4n) is 2.18. The maximum absolute atomic E-state index is 10.7. The Morgan fingerprint density at radius 3 is 2.17 bits per heavy atom. The van der Waals surface area contributed by atoms with Gasteiger partial charge in [0.05, 0.1) is 16.3 Å². The van der Waals surface area contributed by atoms with Crippen LogP contribution in [0, 0.1) is 10.1 Å². The minimum Gasteiger partial charge on any atom is -0.278 e. The second-order valence-electron chi connectivity index (χ2n) is 4.98. The van der Waals surface area contributed by atoms with E-state index in [0.29, 0.717) is 5.69 Å². The first-order valence-corrected chi connectivity index (χ1v) is 7.28. The molecule has 0 atom stereocenters. The van der Waals surface area contributed by atoms with Crippen molar-refractivity contribution >= 4 is 17.1 Å². The van der Waals surface area contributed by atoms with Gasteiger partial charge in [-0.3, -0.25) is 20.5 Å². The van der Waals surface area contributed by atoms with Gasteiger partial charge in [0.15, 0.2) is 0 Å². The number of rotatable bonds is 5. The molecule has 0 saturated carbocycles. The highest BCUT2D eigenvalue weighted by Crippen LogP contribution is 2.16. The van der Waals surface area contributed by atoms with Crippen LogP contribution >= 0.6 is 0 Å². The van der Waals surface area contributed by atoms with Crippen LogP contribution in [0.5, 0.6) is 0 Å². The Bertz CT molecular complexity index is 806. The molecule has 0 bridgehead atoms. The Morgan fingerprint density at radius 1 is 0.917 bits per heavy atom. The van der Waals surface area contributed by atoms with Crippen LogP contribution in [-0.4, -0.2) is 15.6 Å². The van der Waals surface area contributed by atoms with Crippen LogP contribution in [0.1, 0.15) is 11.1 Å². The summed E-state index contributed by atoms with van der Waals surface area (Å²) < 4.78 is 0. The van der Waals surface area contributed by atoms with Gasteiger partial charge in [-0.25, -0.2) is 0 Å². The van der Waals surface area contributed by atoms with Gasteiger partial charge in [-0.2, -0.15) is 5.10 Å². The van der Waals surface area contributed by atoms with Crippen LogP contribution < -0.4 is 5.43 Å². The number of hydrogen-bond donors (Lipinski definition) is 1. The smallest absolute Gasteiger partial charge is 0.269 e. The van der Waals surface area contributed by atoms with Gasteiger partial charge >= 0.3 is 0 Å². The third kappa shape index (κ3) is 3.61. The largest absolute Gasteiger partial charge is 0.278 e. The Morgan fingerprint density at radius 2 is 1.54 bits per heavy atom. The monoisotopic (exact) mass is 318 g/mol. The number of aromatic nitrogens is 1. The first-order valence-electron chi connectivity index (χ1n) is 7.28. The molecule has 0 radical (unpaired) electrons. The summed E-state index contributed by atoms with van der Waals surface area (Å²) >= 11 is 0. The number of nitro groups is 1. The number of anilines is 1. The van der Waals surface area contributed by atoms with Crippen molar-refractivity contribution in [2.45, 2.75) is 0 Å². The molecule has 0 aliphatic heterocycles. The van der Waals surface area contributed by atoms with Gasteiger partial charge in [-0.15, -0.1) is 0 Å². The summed E-state index contributed by atoms with van der Waals surface area (Å²) in [5.41, 5.74) is 6.30. The Labute approximate surface area is 138 Å². The lowest BCUT2D eigenvalue weighted by Gasteiger charge is -2.08. The van der Waals surface area contributed by atoms with E-state index in [-0.39, 0.29) is 5.69 Å². The summed E-state index contributed by atoms with van der Waals surface area (Å²) in [6, 6.07) is 19.6. The molecule has 3 rings (SSSR count). The number of non-ortho nitro benzene ring substituents is 1. The Kier molecular flexibility index (Phi) is 4.57. The van der Waals surface area contributed by atoms with Crippen LogP contribution in [0.2, 0.25) is 0 Å². The fourth-order valence-corrected chi connectivity index (χ4v) is 2.18. The van der Waals surface area contributed by atoms with Crippen LogP contribution in [-0.2, 0) is 0 Å². The summed E-state index contributed by atoms with van der Waals surface area (Å²) in [7, 11) is 0. The number of hydrogen-bond acceptors (Lipinski definition) is 5. The number of nitrogens with one attached hydrogen (secondary N) is 1. The van der Waals surface area contributed by atoms with Gasteiger partial charge in [0.25, 0.3) is 5.69 Å². The van der Waals surface area contributed by atoms with Gasteiger partial charge < -0.3 is 0 Å². The lowest BCUT2D eigenvalue weighted by Crippen LogP contribution is -2.06. The standard InChI is InChI=1S/C18H14N4O2/c23-22(24)17-8-6-16(7-9-17)20-21-18(14-4-2-1-3-5-14)15-10-12-19-13-11-15/h1-13,20H/b21-18-. The molecule has 3 aromatic rings. The average Bonchev–Trinajstić information content (AvgIpc) is 2.64.